The molecule has 20 heavy (non-hydrogen) atoms. The number of methoxy groups -OCH3 is 1. The van der Waals surface area contributed by atoms with E-state index in [2.05, 4.69) is 10.2 Å². The van der Waals surface area contributed by atoms with Crippen LogP contribution >= 0.6 is 0 Å². The number of hydrogen-bond donors (Lipinski definition) is 1. The van der Waals surface area contributed by atoms with E-state index in [1.54, 1.807) is 7.11 Å². The molecule has 0 atom stereocenters. The van der Waals surface area contributed by atoms with Crippen LogP contribution in [0.3, 0.4) is 0 Å². The maximum Gasteiger partial charge on any atom is 0.221 e. The predicted molar refractivity (Wildman–Crippen MR) is 80.0 cm³/mol. The summed E-state index contributed by atoms with van der Waals surface area (Å²) in [7, 11) is 1.66. The van der Waals surface area contributed by atoms with Crippen molar-refractivity contribution in [2.45, 2.75) is 25.7 Å². The zero-order chi connectivity index (χ0) is 14.2. The zero-order valence-electron chi connectivity index (χ0n) is 12.2. The molecule has 0 aliphatic carbocycles. The minimum atomic E-state index is 0.158. The SMILES string of the molecule is COc1ccc(CCNC(=O)CCN2CCCC2)cc1. The predicted octanol–water partition coefficient (Wildman–Crippen LogP) is 1.84. The molecule has 1 amide bonds. The number of carbonyl (C=O) groups excluding carboxylic acids is 1. The van der Waals surface area contributed by atoms with Crippen LogP contribution < -0.4 is 10.1 Å². The number of hydrogen-bond acceptors (Lipinski definition) is 3. The first-order valence-corrected chi connectivity index (χ1v) is 7.40. The summed E-state index contributed by atoms with van der Waals surface area (Å²) in [4.78, 5) is 14.1. The van der Waals surface area contributed by atoms with Gasteiger partial charge in [-0.2, -0.15) is 0 Å². The molecule has 4 nitrogen and oxygen atoms in total. The van der Waals surface area contributed by atoms with E-state index < -0.39 is 0 Å². The van der Waals surface area contributed by atoms with Gasteiger partial charge < -0.3 is 15.0 Å². The Bertz CT molecular complexity index is 411. The van der Waals surface area contributed by atoms with E-state index >= 15 is 0 Å². The Balaban J connectivity index is 1.60. The number of nitrogens with zero attached hydrogens (tertiary/aromatic N) is 1. The van der Waals surface area contributed by atoms with Gasteiger partial charge >= 0.3 is 0 Å². The summed E-state index contributed by atoms with van der Waals surface area (Å²) >= 11 is 0. The largest absolute Gasteiger partial charge is 0.497 e. The van der Waals surface area contributed by atoms with E-state index in [4.69, 9.17) is 4.74 Å². The summed E-state index contributed by atoms with van der Waals surface area (Å²) in [5.41, 5.74) is 1.21. The first-order valence-electron chi connectivity index (χ1n) is 7.40. The van der Waals surface area contributed by atoms with Crippen LogP contribution in [0, 0.1) is 0 Å². The van der Waals surface area contributed by atoms with E-state index in [-0.39, 0.29) is 5.91 Å². The van der Waals surface area contributed by atoms with Crippen molar-refractivity contribution in [2.75, 3.05) is 33.3 Å². The summed E-state index contributed by atoms with van der Waals surface area (Å²) < 4.78 is 5.12. The van der Waals surface area contributed by atoms with Gasteiger partial charge in [0.05, 0.1) is 7.11 Å². The topological polar surface area (TPSA) is 41.6 Å². The quantitative estimate of drug-likeness (QED) is 0.826. The van der Waals surface area contributed by atoms with Gasteiger partial charge in [-0.3, -0.25) is 4.79 Å². The molecule has 0 radical (unpaired) electrons. The normalized spacial score (nSPS) is 15.2. The van der Waals surface area contributed by atoms with Gasteiger partial charge in [0, 0.05) is 19.5 Å². The van der Waals surface area contributed by atoms with Gasteiger partial charge in [0.25, 0.3) is 0 Å². The van der Waals surface area contributed by atoms with Gasteiger partial charge in [0.1, 0.15) is 5.75 Å². The lowest BCUT2D eigenvalue weighted by Crippen LogP contribution is -2.30. The third-order valence-electron chi connectivity index (χ3n) is 3.75. The molecule has 0 bridgehead atoms. The first kappa shape index (κ1) is 14.9. The molecule has 1 fully saturated rings. The smallest absolute Gasteiger partial charge is 0.221 e. The second-order valence-corrected chi connectivity index (χ2v) is 5.25. The van der Waals surface area contributed by atoms with E-state index in [1.807, 2.05) is 24.3 Å². The minimum absolute atomic E-state index is 0.158. The summed E-state index contributed by atoms with van der Waals surface area (Å²) in [6, 6.07) is 7.97. The van der Waals surface area contributed by atoms with Crippen molar-refractivity contribution in [3.63, 3.8) is 0 Å². The molecule has 1 heterocycles. The fraction of sp³-hybridized carbons (Fsp3) is 0.562. The lowest BCUT2D eigenvalue weighted by atomic mass is 10.1. The van der Waals surface area contributed by atoms with Gasteiger partial charge in [-0.15, -0.1) is 0 Å². The highest BCUT2D eigenvalue weighted by Crippen LogP contribution is 2.11. The number of ether oxygens (including phenoxy) is 1. The minimum Gasteiger partial charge on any atom is -0.497 e. The fourth-order valence-electron chi connectivity index (χ4n) is 2.49. The third kappa shape index (κ3) is 4.85. The van der Waals surface area contributed by atoms with Crippen LogP contribution in [0.5, 0.6) is 5.75 Å². The van der Waals surface area contributed by atoms with Crippen molar-refractivity contribution >= 4 is 5.91 Å². The van der Waals surface area contributed by atoms with E-state index in [0.29, 0.717) is 13.0 Å². The van der Waals surface area contributed by atoms with Crippen molar-refractivity contribution in [1.82, 2.24) is 10.2 Å². The second-order valence-electron chi connectivity index (χ2n) is 5.25. The number of rotatable bonds is 7. The first-order chi connectivity index (χ1) is 9.78. The summed E-state index contributed by atoms with van der Waals surface area (Å²) in [6.07, 6.45) is 4.03. The number of nitrogens with one attached hydrogen (secondary N) is 1. The molecule has 110 valence electrons. The number of likely N-dealkylation sites (tertiary alicyclic amines) is 1. The van der Waals surface area contributed by atoms with Crippen LogP contribution in [0.15, 0.2) is 24.3 Å². The maximum absolute atomic E-state index is 11.7. The molecule has 2 rings (SSSR count). The lowest BCUT2D eigenvalue weighted by Gasteiger charge is -2.13. The number of amides is 1. The fourth-order valence-corrected chi connectivity index (χ4v) is 2.49. The zero-order valence-corrected chi connectivity index (χ0v) is 12.2. The summed E-state index contributed by atoms with van der Waals surface area (Å²) in [5.74, 6) is 1.02. The van der Waals surface area contributed by atoms with Crippen LogP contribution in [-0.4, -0.2) is 44.1 Å². The molecule has 1 aliphatic heterocycles. The van der Waals surface area contributed by atoms with Gasteiger partial charge in [-0.05, 0) is 50.0 Å². The maximum atomic E-state index is 11.7. The van der Waals surface area contributed by atoms with Gasteiger partial charge in [-0.25, -0.2) is 0 Å². The molecule has 1 N–H and O–H groups in total. The monoisotopic (exact) mass is 276 g/mol. The van der Waals surface area contributed by atoms with Crippen molar-refractivity contribution in [3.05, 3.63) is 29.8 Å². The second kappa shape index (κ2) is 7.90. The van der Waals surface area contributed by atoms with Crippen LogP contribution in [0.2, 0.25) is 0 Å². The standard InChI is InChI=1S/C16H24N2O2/c1-20-15-6-4-14(5-7-15)8-10-17-16(19)9-13-18-11-2-3-12-18/h4-7H,2-3,8-13H2,1H3,(H,17,19). The van der Waals surface area contributed by atoms with E-state index in [1.165, 1.54) is 18.4 Å². The van der Waals surface area contributed by atoms with E-state index in [0.717, 1.165) is 31.8 Å². The Kier molecular flexibility index (Phi) is 5.87. The molecule has 0 spiro atoms. The Morgan fingerprint density at radius 3 is 2.60 bits per heavy atom. The number of benzene rings is 1. The highest BCUT2D eigenvalue weighted by molar-refractivity contribution is 5.76. The molecule has 1 aromatic rings. The molecule has 1 aliphatic rings. The molecule has 0 saturated carbocycles. The average Bonchev–Trinajstić information content (AvgIpc) is 2.99. The van der Waals surface area contributed by atoms with Crippen molar-refractivity contribution < 1.29 is 9.53 Å². The Hall–Kier alpha value is -1.55. The van der Waals surface area contributed by atoms with E-state index in [9.17, 15) is 4.79 Å². The van der Waals surface area contributed by atoms with Crippen LogP contribution in [-0.2, 0) is 11.2 Å². The van der Waals surface area contributed by atoms with Crippen molar-refractivity contribution in [1.29, 1.82) is 0 Å². The van der Waals surface area contributed by atoms with Crippen LogP contribution in [0.25, 0.3) is 0 Å². The lowest BCUT2D eigenvalue weighted by molar-refractivity contribution is -0.121. The van der Waals surface area contributed by atoms with Crippen LogP contribution in [0.1, 0.15) is 24.8 Å². The van der Waals surface area contributed by atoms with Gasteiger partial charge in [-0.1, -0.05) is 12.1 Å². The molecule has 0 aromatic heterocycles. The van der Waals surface area contributed by atoms with Crippen LogP contribution in [0.4, 0.5) is 0 Å². The van der Waals surface area contributed by atoms with Crippen molar-refractivity contribution in [2.24, 2.45) is 0 Å². The Labute approximate surface area is 121 Å². The highest BCUT2D eigenvalue weighted by atomic mass is 16.5. The third-order valence-corrected chi connectivity index (χ3v) is 3.75. The molecule has 1 aromatic carbocycles. The molecule has 1 saturated heterocycles. The Morgan fingerprint density at radius 2 is 1.95 bits per heavy atom. The summed E-state index contributed by atoms with van der Waals surface area (Å²) in [5, 5.41) is 2.99. The van der Waals surface area contributed by atoms with Crippen molar-refractivity contribution in [3.8, 4) is 5.75 Å². The molecule has 4 heteroatoms. The summed E-state index contributed by atoms with van der Waals surface area (Å²) in [6.45, 7) is 3.90. The molecule has 0 unspecified atom stereocenters. The Morgan fingerprint density at radius 1 is 1.25 bits per heavy atom. The average molecular weight is 276 g/mol. The molecular formula is C16H24N2O2. The van der Waals surface area contributed by atoms with Gasteiger partial charge in [0.2, 0.25) is 5.91 Å². The number of carbonyl (C=O) groups is 1. The highest BCUT2D eigenvalue weighted by Gasteiger charge is 2.12. The van der Waals surface area contributed by atoms with Gasteiger partial charge in [0.15, 0.2) is 0 Å². The molecular weight excluding hydrogens is 252 g/mol.